The lowest BCUT2D eigenvalue weighted by molar-refractivity contribution is -0.126. The molecule has 1 aromatic carbocycles. The first-order valence-electron chi connectivity index (χ1n) is 9.69. The highest BCUT2D eigenvalue weighted by atomic mass is 16.5. The van der Waals surface area contributed by atoms with Gasteiger partial charge in [-0.1, -0.05) is 50.8 Å². The number of amides is 2. The van der Waals surface area contributed by atoms with Crippen molar-refractivity contribution in [2.75, 3.05) is 13.2 Å². The van der Waals surface area contributed by atoms with Crippen molar-refractivity contribution in [1.29, 1.82) is 0 Å². The molecule has 26 heavy (non-hydrogen) atoms. The van der Waals surface area contributed by atoms with E-state index in [4.69, 9.17) is 4.74 Å². The number of carbonyl (C=O) groups excluding carboxylic acids is 2. The number of ether oxygens (including phenoxy) is 1. The maximum Gasteiger partial charge on any atom is 0.239 e. The van der Waals surface area contributed by atoms with E-state index in [2.05, 4.69) is 17.6 Å². The lowest BCUT2D eigenvalue weighted by atomic mass is 10.1. The first kappa shape index (κ1) is 22.0. The van der Waals surface area contributed by atoms with Gasteiger partial charge in [0.2, 0.25) is 11.8 Å². The standard InChI is InChI=1S/C21H34N2O3/c1-5-6-7-8-9-13-19(24)22-14-20(25)23-18(4)15-26-21-16(2)11-10-12-17(21)3/h10-12,18H,5-9,13-15H2,1-4H3,(H,22,24)(H,23,25)/t18-/m0/s1. The topological polar surface area (TPSA) is 67.4 Å². The molecule has 0 aromatic heterocycles. The van der Waals surface area contributed by atoms with Crippen molar-refractivity contribution in [1.82, 2.24) is 10.6 Å². The zero-order chi connectivity index (χ0) is 19.4. The molecule has 146 valence electrons. The molecule has 0 fully saturated rings. The monoisotopic (exact) mass is 362 g/mol. The molecular formula is C21H34N2O3. The Morgan fingerprint density at radius 1 is 1.04 bits per heavy atom. The zero-order valence-corrected chi connectivity index (χ0v) is 16.7. The van der Waals surface area contributed by atoms with Gasteiger partial charge in [0.1, 0.15) is 12.4 Å². The first-order chi connectivity index (χ1) is 12.4. The number of unbranched alkanes of at least 4 members (excludes halogenated alkanes) is 4. The average molecular weight is 363 g/mol. The molecule has 5 nitrogen and oxygen atoms in total. The molecule has 0 aliphatic carbocycles. The maximum absolute atomic E-state index is 11.9. The Labute approximate surface area is 157 Å². The molecule has 0 spiro atoms. The van der Waals surface area contributed by atoms with Crippen LogP contribution in [-0.4, -0.2) is 31.0 Å². The van der Waals surface area contributed by atoms with Crippen molar-refractivity contribution in [3.8, 4) is 5.75 Å². The Bertz CT molecular complexity index is 552. The van der Waals surface area contributed by atoms with Crippen LogP contribution in [-0.2, 0) is 9.59 Å². The van der Waals surface area contributed by atoms with Gasteiger partial charge in [-0.05, 0) is 38.3 Å². The number of benzene rings is 1. The first-order valence-corrected chi connectivity index (χ1v) is 9.69. The van der Waals surface area contributed by atoms with Crippen molar-refractivity contribution < 1.29 is 14.3 Å². The fourth-order valence-electron chi connectivity index (χ4n) is 2.76. The summed E-state index contributed by atoms with van der Waals surface area (Å²) in [5.41, 5.74) is 2.16. The summed E-state index contributed by atoms with van der Waals surface area (Å²) < 4.78 is 5.84. The highest BCUT2D eigenvalue weighted by Gasteiger charge is 2.11. The van der Waals surface area contributed by atoms with Crippen LogP contribution < -0.4 is 15.4 Å². The minimum absolute atomic E-state index is 0.0154. The summed E-state index contributed by atoms with van der Waals surface area (Å²) in [6.45, 7) is 8.47. The van der Waals surface area contributed by atoms with Crippen molar-refractivity contribution >= 4 is 11.8 Å². The van der Waals surface area contributed by atoms with Crippen molar-refractivity contribution in [2.45, 2.75) is 72.3 Å². The van der Waals surface area contributed by atoms with Crippen LogP contribution in [0.4, 0.5) is 0 Å². The Hall–Kier alpha value is -2.04. The summed E-state index contributed by atoms with van der Waals surface area (Å²) in [5, 5.41) is 5.53. The van der Waals surface area contributed by atoms with Gasteiger partial charge in [0, 0.05) is 6.42 Å². The van der Waals surface area contributed by atoms with E-state index in [9.17, 15) is 9.59 Å². The van der Waals surface area contributed by atoms with Gasteiger partial charge in [-0.15, -0.1) is 0 Å². The molecule has 0 aliphatic heterocycles. The molecule has 1 rings (SSSR count). The Kier molecular flexibility index (Phi) is 10.4. The third-order valence-electron chi connectivity index (χ3n) is 4.25. The van der Waals surface area contributed by atoms with E-state index in [-0.39, 0.29) is 24.4 Å². The summed E-state index contributed by atoms with van der Waals surface area (Å²) in [6, 6.07) is 5.87. The van der Waals surface area contributed by atoms with Crippen LogP contribution in [0.2, 0.25) is 0 Å². The van der Waals surface area contributed by atoms with Crippen LogP contribution in [0.25, 0.3) is 0 Å². The van der Waals surface area contributed by atoms with E-state index in [0.717, 1.165) is 29.7 Å². The van der Waals surface area contributed by atoms with Gasteiger partial charge >= 0.3 is 0 Å². The molecular weight excluding hydrogens is 328 g/mol. The highest BCUT2D eigenvalue weighted by molar-refractivity contribution is 5.84. The maximum atomic E-state index is 11.9. The summed E-state index contributed by atoms with van der Waals surface area (Å²) in [4.78, 5) is 23.7. The zero-order valence-electron chi connectivity index (χ0n) is 16.7. The van der Waals surface area contributed by atoms with E-state index < -0.39 is 0 Å². The Balaban J connectivity index is 2.21. The molecule has 0 saturated heterocycles. The summed E-state index contributed by atoms with van der Waals surface area (Å²) in [7, 11) is 0. The van der Waals surface area contributed by atoms with Crippen molar-refractivity contribution in [3.05, 3.63) is 29.3 Å². The van der Waals surface area contributed by atoms with Crippen LogP contribution in [0, 0.1) is 13.8 Å². The number of nitrogens with one attached hydrogen (secondary N) is 2. The number of carbonyl (C=O) groups is 2. The Morgan fingerprint density at radius 2 is 1.69 bits per heavy atom. The number of rotatable bonds is 12. The number of aryl methyl sites for hydroxylation is 2. The molecule has 1 atom stereocenters. The highest BCUT2D eigenvalue weighted by Crippen LogP contribution is 2.22. The fourth-order valence-corrected chi connectivity index (χ4v) is 2.76. The van der Waals surface area contributed by atoms with E-state index in [1.807, 2.05) is 39.0 Å². The molecule has 0 bridgehead atoms. The van der Waals surface area contributed by atoms with E-state index in [1.165, 1.54) is 19.3 Å². The average Bonchev–Trinajstić information content (AvgIpc) is 2.59. The quantitative estimate of drug-likeness (QED) is 0.558. The third kappa shape index (κ3) is 8.88. The van der Waals surface area contributed by atoms with Crippen LogP contribution in [0.1, 0.15) is 63.5 Å². The number of hydrogen-bond acceptors (Lipinski definition) is 3. The van der Waals surface area contributed by atoms with E-state index >= 15 is 0 Å². The van der Waals surface area contributed by atoms with Gasteiger partial charge in [-0.3, -0.25) is 9.59 Å². The van der Waals surface area contributed by atoms with Gasteiger partial charge in [-0.2, -0.15) is 0 Å². The SMILES string of the molecule is CCCCCCCC(=O)NCC(=O)N[C@@H](C)COc1c(C)cccc1C. The number of hydrogen-bond donors (Lipinski definition) is 2. The Morgan fingerprint density at radius 3 is 2.35 bits per heavy atom. The second-order valence-corrected chi connectivity index (χ2v) is 6.94. The fraction of sp³-hybridized carbons (Fsp3) is 0.619. The molecule has 0 heterocycles. The van der Waals surface area contributed by atoms with Gasteiger partial charge < -0.3 is 15.4 Å². The van der Waals surface area contributed by atoms with Gasteiger partial charge in [0.15, 0.2) is 0 Å². The van der Waals surface area contributed by atoms with Gasteiger partial charge in [-0.25, -0.2) is 0 Å². The largest absolute Gasteiger partial charge is 0.491 e. The van der Waals surface area contributed by atoms with Crippen LogP contribution >= 0.6 is 0 Å². The third-order valence-corrected chi connectivity index (χ3v) is 4.25. The molecule has 0 aliphatic rings. The molecule has 0 saturated carbocycles. The van der Waals surface area contributed by atoms with Crippen molar-refractivity contribution in [3.63, 3.8) is 0 Å². The smallest absolute Gasteiger partial charge is 0.239 e. The molecule has 0 unspecified atom stereocenters. The van der Waals surface area contributed by atoms with E-state index in [1.54, 1.807) is 0 Å². The van der Waals surface area contributed by atoms with Gasteiger partial charge in [0.25, 0.3) is 0 Å². The lowest BCUT2D eigenvalue weighted by Crippen LogP contribution is -2.43. The van der Waals surface area contributed by atoms with E-state index in [0.29, 0.717) is 13.0 Å². The second-order valence-electron chi connectivity index (χ2n) is 6.94. The molecule has 0 radical (unpaired) electrons. The molecule has 5 heteroatoms. The van der Waals surface area contributed by atoms with Crippen LogP contribution in [0.3, 0.4) is 0 Å². The summed E-state index contributed by atoms with van der Waals surface area (Å²) in [5.74, 6) is 0.614. The van der Waals surface area contributed by atoms with Crippen LogP contribution in [0.5, 0.6) is 5.75 Å². The molecule has 1 aromatic rings. The number of para-hydroxylation sites is 1. The molecule has 2 amide bonds. The minimum atomic E-state index is -0.193. The minimum Gasteiger partial charge on any atom is -0.491 e. The van der Waals surface area contributed by atoms with Crippen molar-refractivity contribution in [2.24, 2.45) is 0 Å². The van der Waals surface area contributed by atoms with Crippen LogP contribution in [0.15, 0.2) is 18.2 Å². The predicted octanol–water partition coefficient (Wildman–Crippen LogP) is 3.66. The summed E-state index contributed by atoms with van der Waals surface area (Å²) in [6.07, 6.45) is 6.02. The van der Waals surface area contributed by atoms with Gasteiger partial charge in [0.05, 0.1) is 12.6 Å². The predicted molar refractivity (Wildman–Crippen MR) is 105 cm³/mol. The lowest BCUT2D eigenvalue weighted by Gasteiger charge is -2.17. The second kappa shape index (κ2) is 12.3. The molecule has 2 N–H and O–H groups in total. The summed E-state index contributed by atoms with van der Waals surface area (Å²) >= 11 is 0. The normalized spacial score (nSPS) is 11.7.